The summed E-state index contributed by atoms with van der Waals surface area (Å²) in [7, 11) is 0. The Morgan fingerprint density at radius 2 is 1.40 bits per heavy atom. The first-order valence-corrected chi connectivity index (χ1v) is 12.8. The number of halogens is 3. The van der Waals surface area contributed by atoms with Gasteiger partial charge in [0.1, 0.15) is 5.82 Å². The van der Waals surface area contributed by atoms with Crippen LogP contribution in [0.4, 0.5) is 13.2 Å². The summed E-state index contributed by atoms with van der Waals surface area (Å²) in [4.78, 5) is 32.8. The van der Waals surface area contributed by atoms with Crippen molar-refractivity contribution in [2.75, 3.05) is 11.7 Å². The molecule has 4 N–H and O–H groups in total. The number of aromatic nitrogens is 4. The third kappa shape index (κ3) is 5.54. The van der Waals surface area contributed by atoms with E-state index in [1.54, 1.807) is 18.2 Å². The van der Waals surface area contributed by atoms with E-state index < -0.39 is 17.3 Å². The third-order valence-electron chi connectivity index (χ3n) is 6.31. The molecule has 0 radical (unpaired) electrons. The molecule has 0 bridgehead atoms. The fraction of sp³-hybridized carbons (Fsp3) is 0.241. The van der Waals surface area contributed by atoms with Crippen LogP contribution in [0.2, 0.25) is 0 Å². The van der Waals surface area contributed by atoms with Crippen LogP contribution in [-0.4, -0.2) is 19.3 Å². The van der Waals surface area contributed by atoms with E-state index in [0.29, 0.717) is 21.5 Å². The van der Waals surface area contributed by atoms with Gasteiger partial charge >= 0.3 is 6.18 Å². The Labute approximate surface area is 227 Å². The fourth-order valence-corrected chi connectivity index (χ4v) is 4.22. The van der Waals surface area contributed by atoms with Gasteiger partial charge in [0.05, 0.1) is 27.4 Å². The molecular weight excluding hydrogens is 521 g/mol. The molecule has 208 valence electrons. The summed E-state index contributed by atoms with van der Waals surface area (Å²) in [5.74, 6) is 12.3. The maximum absolute atomic E-state index is 13.1. The molecule has 0 atom stereocenters. The highest BCUT2D eigenvalue weighted by Crippen LogP contribution is 2.38. The number of nitrogens with zero attached hydrogens (tertiary/aromatic N) is 4. The van der Waals surface area contributed by atoms with E-state index in [1.807, 2.05) is 39.0 Å². The Balaban J connectivity index is 0.000000181. The Kier molecular flexibility index (Phi) is 7.94. The molecule has 2 aromatic heterocycles. The van der Waals surface area contributed by atoms with Crippen LogP contribution >= 0.6 is 0 Å². The zero-order chi connectivity index (χ0) is 29.2. The monoisotopic (exact) mass is 550 g/mol. The smallest absolute Gasteiger partial charge is 0.335 e. The zero-order valence-electron chi connectivity index (χ0n) is 22.2. The Morgan fingerprint density at radius 1 is 0.800 bits per heavy atom. The normalized spacial score (nSPS) is 12.8. The van der Waals surface area contributed by atoms with Crippen LogP contribution < -0.4 is 22.8 Å². The zero-order valence-corrected chi connectivity index (χ0v) is 22.2. The molecule has 3 aromatic carbocycles. The van der Waals surface area contributed by atoms with Gasteiger partial charge in [0.2, 0.25) is 0 Å². The highest BCUT2D eigenvalue weighted by Gasteiger charge is 2.34. The lowest BCUT2D eigenvalue weighted by atomic mass is 10.1. The number of para-hydroxylation sites is 1. The Bertz CT molecular complexity index is 1810. The topological polar surface area (TPSA) is 122 Å². The molecule has 2 heterocycles. The van der Waals surface area contributed by atoms with Gasteiger partial charge in [-0.1, -0.05) is 55.8 Å². The van der Waals surface area contributed by atoms with Crippen LogP contribution in [-0.2, 0) is 6.18 Å². The summed E-state index contributed by atoms with van der Waals surface area (Å²) in [5.41, 5.74) is 0.218. The number of fused-ring (bicyclic) bond motifs is 2. The van der Waals surface area contributed by atoms with Gasteiger partial charge in [0.15, 0.2) is 5.82 Å². The second kappa shape index (κ2) is 11.2. The van der Waals surface area contributed by atoms with Crippen molar-refractivity contribution < 1.29 is 13.2 Å². The quantitative estimate of drug-likeness (QED) is 0.294. The molecule has 0 saturated heterocycles. The summed E-state index contributed by atoms with van der Waals surface area (Å²) >= 11 is 0. The van der Waals surface area contributed by atoms with Gasteiger partial charge in [-0.05, 0) is 50.1 Å². The predicted octanol–water partition coefficient (Wildman–Crippen LogP) is 5.12. The number of nitrogen functional groups attached to an aromatic ring is 2. The average Bonchev–Trinajstić information content (AvgIpc) is 3.80. The average molecular weight is 551 g/mol. The SMILES string of the molecule is CC.Cc1ccc2nc(C3CC3)n(N)c(=O)c2c1.Nn1c(-c2ccccc2C(F)(F)F)nc2ccccc2c1=O. The van der Waals surface area contributed by atoms with Crippen molar-refractivity contribution in [3.63, 3.8) is 0 Å². The molecule has 1 saturated carbocycles. The van der Waals surface area contributed by atoms with E-state index in [-0.39, 0.29) is 22.3 Å². The number of hydrogen-bond acceptors (Lipinski definition) is 6. The van der Waals surface area contributed by atoms with Crippen LogP contribution in [0.1, 0.15) is 49.6 Å². The van der Waals surface area contributed by atoms with Crippen molar-refractivity contribution in [3.05, 3.63) is 104 Å². The molecular formula is C29H29F3N6O2. The van der Waals surface area contributed by atoms with Gasteiger partial charge in [-0.3, -0.25) is 9.59 Å². The van der Waals surface area contributed by atoms with E-state index in [2.05, 4.69) is 9.97 Å². The van der Waals surface area contributed by atoms with Crippen molar-refractivity contribution >= 4 is 21.8 Å². The minimum Gasteiger partial charge on any atom is -0.335 e. The molecule has 8 nitrogen and oxygen atoms in total. The lowest BCUT2D eigenvalue weighted by Gasteiger charge is -2.14. The Morgan fingerprint density at radius 3 is 2.08 bits per heavy atom. The molecule has 0 amide bonds. The van der Waals surface area contributed by atoms with E-state index in [4.69, 9.17) is 11.7 Å². The lowest BCUT2D eigenvalue weighted by Crippen LogP contribution is -2.31. The molecule has 1 aliphatic rings. The van der Waals surface area contributed by atoms with Crippen LogP contribution in [0.25, 0.3) is 33.2 Å². The first kappa shape index (κ1) is 28.3. The summed E-state index contributed by atoms with van der Waals surface area (Å²) < 4.78 is 41.2. The predicted molar refractivity (Wildman–Crippen MR) is 151 cm³/mol. The largest absolute Gasteiger partial charge is 0.417 e. The summed E-state index contributed by atoms with van der Waals surface area (Å²) in [5, 5.41) is 0.852. The Hall–Kier alpha value is -4.67. The van der Waals surface area contributed by atoms with E-state index in [9.17, 15) is 22.8 Å². The fourth-order valence-electron chi connectivity index (χ4n) is 4.22. The second-order valence-corrected chi connectivity index (χ2v) is 9.11. The van der Waals surface area contributed by atoms with Gasteiger partial charge in [-0.2, -0.15) is 13.2 Å². The molecule has 0 unspecified atom stereocenters. The molecule has 1 fully saturated rings. The number of rotatable bonds is 2. The minimum atomic E-state index is -4.57. The molecule has 5 aromatic rings. The van der Waals surface area contributed by atoms with Crippen molar-refractivity contribution in [3.8, 4) is 11.4 Å². The van der Waals surface area contributed by atoms with Gasteiger partial charge in [0, 0.05) is 11.5 Å². The third-order valence-corrected chi connectivity index (χ3v) is 6.31. The molecule has 11 heteroatoms. The van der Waals surface area contributed by atoms with Gasteiger partial charge in [0.25, 0.3) is 11.1 Å². The second-order valence-electron chi connectivity index (χ2n) is 9.11. The maximum atomic E-state index is 13.1. The molecule has 1 aliphatic carbocycles. The van der Waals surface area contributed by atoms with Crippen LogP contribution in [0.15, 0.2) is 76.3 Å². The molecule has 0 spiro atoms. The standard InChI is InChI=1S/C15H10F3N3O.C12H13N3O.C2H6/c16-15(17,18)11-7-3-1-5-9(11)13-20-12-8-4-2-6-10(12)14(22)21(13)19;1-7-2-5-10-9(6-7)12(16)15(13)11(14-10)8-3-4-8;1-2/h1-8H,19H2;2,5-6,8H,3-4,13H2,1H3;1-2H3. The van der Waals surface area contributed by atoms with Crippen molar-refractivity contribution in [2.45, 2.75) is 45.7 Å². The van der Waals surface area contributed by atoms with Crippen molar-refractivity contribution in [1.29, 1.82) is 0 Å². The number of hydrogen-bond donors (Lipinski definition) is 2. The van der Waals surface area contributed by atoms with Crippen LogP contribution in [0.3, 0.4) is 0 Å². The molecule has 6 rings (SSSR count). The van der Waals surface area contributed by atoms with Crippen molar-refractivity contribution in [2.24, 2.45) is 0 Å². The van der Waals surface area contributed by atoms with Gasteiger partial charge in [-0.25, -0.2) is 19.3 Å². The highest BCUT2D eigenvalue weighted by molar-refractivity contribution is 5.80. The lowest BCUT2D eigenvalue weighted by molar-refractivity contribution is -0.137. The van der Waals surface area contributed by atoms with E-state index in [0.717, 1.165) is 35.8 Å². The highest BCUT2D eigenvalue weighted by atomic mass is 19.4. The van der Waals surface area contributed by atoms with Crippen LogP contribution in [0.5, 0.6) is 0 Å². The minimum absolute atomic E-state index is 0.143. The van der Waals surface area contributed by atoms with Crippen molar-refractivity contribution in [1.82, 2.24) is 19.3 Å². The van der Waals surface area contributed by atoms with Gasteiger partial charge in [-0.15, -0.1) is 0 Å². The molecule has 0 aliphatic heterocycles. The summed E-state index contributed by atoms with van der Waals surface area (Å²) in [6.45, 7) is 5.95. The first-order valence-electron chi connectivity index (χ1n) is 12.8. The molecule has 40 heavy (non-hydrogen) atoms. The number of benzene rings is 3. The van der Waals surface area contributed by atoms with E-state index >= 15 is 0 Å². The van der Waals surface area contributed by atoms with Gasteiger partial charge < -0.3 is 11.7 Å². The summed E-state index contributed by atoms with van der Waals surface area (Å²) in [6.07, 6.45) is -2.40. The first-order chi connectivity index (χ1) is 19.1. The van der Waals surface area contributed by atoms with Crippen LogP contribution in [0, 0.1) is 6.92 Å². The van der Waals surface area contributed by atoms with E-state index in [1.165, 1.54) is 28.9 Å². The number of alkyl halides is 3. The number of aryl methyl sites for hydroxylation is 1. The maximum Gasteiger partial charge on any atom is 0.417 e. The number of nitrogens with two attached hydrogens (primary N) is 2. The summed E-state index contributed by atoms with van der Waals surface area (Å²) in [6, 6.07) is 16.9.